The van der Waals surface area contributed by atoms with E-state index in [1.165, 1.54) is 12.3 Å². The van der Waals surface area contributed by atoms with Crippen molar-refractivity contribution in [3.63, 3.8) is 0 Å². The number of ether oxygens (including phenoxy) is 1. The fourth-order valence-corrected chi connectivity index (χ4v) is 5.39. The van der Waals surface area contributed by atoms with E-state index in [2.05, 4.69) is 15.2 Å². The Morgan fingerprint density at radius 3 is 2.32 bits per heavy atom. The molecule has 2 fully saturated rings. The summed E-state index contributed by atoms with van der Waals surface area (Å²) >= 11 is 12.1. The first-order valence-electron chi connectivity index (χ1n) is 12.3. The van der Waals surface area contributed by atoms with Crippen LogP contribution >= 0.6 is 23.2 Å². The van der Waals surface area contributed by atoms with Crippen LogP contribution in [-0.2, 0) is 4.79 Å². The Morgan fingerprint density at radius 2 is 1.76 bits per heavy atom. The van der Waals surface area contributed by atoms with Gasteiger partial charge in [-0.2, -0.15) is 13.2 Å². The van der Waals surface area contributed by atoms with E-state index in [1.807, 2.05) is 5.32 Å². The van der Waals surface area contributed by atoms with Gasteiger partial charge in [-0.3, -0.25) is 9.59 Å². The highest BCUT2D eigenvalue weighted by Gasteiger charge is 2.43. The second-order valence-corrected chi connectivity index (χ2v) is 11.1. The second kappa shape index (κ2) is 10.8. The summed E-state index contributed by atoms with van der Waals surface area (Å²) in [5.41, 5.74) is -1.11. The van der Waals surface area contributed by atoms with Crippen LogP contribution in [0.25, 0.3) is 0 Å². The second-order valence-electron chi connectivity index (χ2n) is 10.3. The maximum absolute atomic E-state index is 13.1. The quantitative estimate of drug-likeness (QED) is 0.455. The Kier molecular flexibility index (Phi) is 8.04. The van der Waals surface area contributed by atoms with E-state index in [1.54, 1.807) is 38.1 Å². The first kappa shape index (κ1) is 28.3. The van der Waals surface area contributed by atoms with Crippen LogP contribution in [0.1, 0.15) is 56.8 Å². The molecule has 38 heavy (non-hydrogen) atoms. The number of alkyl halides is 3. The molecular formula is C26H29Cl2F3N4O3. The van der Waals surface area contributed by atoms with Crippen LogP contribution in [0, 0.1) is 0 Å². The molecule has 2 aliphatic heterocycles. The van der Waals surface area contributed by atoms with Crippen molar-refractivity contribution < 1.29 is 27.5 Å². The molecule has 206 valence electrons. The lowest BCUT2D eigenvalue weighted by Gasteiger charge is -2.40. The molecule has 2 aliphatic rings. The van der Waals surface area contributed by atoms with E-state index in [4.69, 9.17) is 27.9 Å². The molecule has 0 radical (unpaired) electrons. The smallest absolute Gasteiger partial charge is 0.408 e. The number of aromatic nitrogens is 1. The van der Waals surface area contributed by atoms with Gasteiger partial charge in [-0.15, -0.1) is 0 Å². The zero-order chi connectivity index (χ0) is 27.8. The Labute approximate surface area is 229 Å². The van der Waals surface area contributed by atoms with Crippen LogP contribution in [0.5, 0.6) is 5.75 Å². The van der Waals surface area contributed by atoms with Crippen LogP contribution in [0.15, 0.2) is 36.5 Å². The molecule has 2 N–H and O–H groups in total. The van der Waals surface area contributed by atoms with E-state index < -0.39 is 23.7 Å². The van der Waals surface area contributed by atoms with E-state index in [9.17, 15) is 22.8 Å². The van der Waals surface area contributed by atoms with E-state index >= 15 is 0 Å². The van der Waals surface area contributed by atoms with Gasteiger partial charge in [0.05, 0.1) is 10.6 Å². The fourth-order valence-electron chi connectivity index (χ4n) is 4.94. The number of fused-ring (bicyclic) bond motifs is 2. The molecule has 2 saturated heterocycles. The molecule has 3 heterocycles. The Hall–Kier alpha value is -2.72. The number of carbonyl (C=O) groups is 2. The summed E-state index contributed by atoms with van der Waals surface area (Å²) in [5, 5.41) is 5.84. The number of carbonyl (C=O) groups excluding carboxylic acids is 2. The van der Waals surface area contributed by atoms with Gasteiger partial charge in [0.25, 0.3) is 11.8 Å². The molecule has 7 nitrogen and oxygen atoms in total. The Morgan fingerprint density at radius 1 is 1.11 bits per heavy atom. The number of anilines is 1. The van der Waals surface area contributed by atoms with Gasteiger partial charge in [0.1, 0.15) is 17.6 Å². The Balaban J connectivity index is 1.36. The summed E-state index contributed by atoms with van der Waals surface area (Å²) in [6.07, 6.45) is 0.0176. The molecule has 2 aromatic rings. The zero-order valence-corrected chi connectivity index (χ0v) is 22.6. The SMILES string of the molecule is C[C@@H](NC(=O)c1ccc(N2C3CCC2CC(NC(=O)C(C)(C)Oc2ccc(Cl)cc2Cl)C3)nc1)C(F)(F)F. The molecule has 4 rings (SSSR count). The third-order valence-corrected chi connectivity index (χ3v) is 7.52. The average molecular weight is 573 g/mol. The number of nitrogens with one attached hydrogen (secondary N) is 2. The number of amides is 2. The largest absolute Gasteiger partial charge is 0.476 e. The first-order valence-corrected chi connectivity index (χ1v) is 13.1. The molecule has 2 amide bonds. The normalized spacial score (nSPS) is 22.1. The third kappa shape index (κ3) is 6.29. The van der Waals surface area contributed by atoms with Crippen molar-refractivity contribution in [1.82, 2.24) is 15.6 Å². The highest BCUT2D eigenvalue weighted by Crippen LogP contribution is 2.39. The molecule has 12 heteroatoms. The topological polar surface area (TPSA) is 83.6 Å². The Bertz CT molecular complexity index is 1180. The molecule has 2 unspecified atom stereocenters. The lowest BCUT2D eigenvalue weighted by atomic mass is 9.96. The fraction of sp³-hybridized carbons (Fsp3) is 0.500. The molecule has 0 spiro atoms. The number of benzene rings is 1. The summed E-state index contributed by atoms with van der Waals surface area (Å²) in [6.45, 7) is 4.24. The summed E-state index contributed by atoms with van der Waals surface area (Å²) in [6, 6.07) is 6.19. The maximum Gasteiger partial charge on any atom is 0.408 e. The summed E-state index contributed by atoms with van der Waals surface area (Å²) < 4.78 is 44.2. The number of pyridine rings is 1. The van der Waals surface area contributed by atoms with Gasteiger partial charge in [0.15, 0.2) is 5.60 Å². The minimum Gasteiger partial charge on any atom is -0.476 e. The van der Waals surface area contributed by atoms with Crippen LogP contribution in [0.2, 0.25) is 10.0 Å². The standard InChI is InChI=1S/C26H29Cl2F3N4O3/c1-14(26(29,30)31)33-23(36)15-4-9-22(32-13-15)35-18-6-7-19(35)12-17(11-18)34-24(37)25(2,3)38-21-8-5-16(27)10-20(21)28/h4-5,8-10,13-14,17-19H,6-7,11-12H2,1-3H3,(H,33,36)(H,34,37)/t14-,17?,18?,19?/m1/s1. The van der Waals surface area contributed by atoms with Crippen molar-refractivity contribution in [2.24, 2.45) is 0 Å². The lowest BCUT2D eigenvalue weighted by molar-refractivity contribution is -0.149. The van der Waals surface area contributed by atoms with Crippen molar-refractivity contribution in [1.29, 1.82) is 0 Å². The zero-order valence-electron chi connectivity index (χ0n) is 21.1. The summed E-state index contributed by atoms with van der Waals surface area (Å²) in [5.74, 6) is -0.0724. The number of hydrogen-bond acceptors (Lipinski definition) is 5. The predicted octanol–water partition coefficient (Wildman–Crippen LogP) is 5.54. The predicted molar refractivity (Wildman–Crippen MR) is 139 cm³/mol. The van der Waals surface area contributed by atoms with E-state index in [-0.39, 0.29) is 29.6 Å². The number of hydrogen-bond donors (Lipinski definition) is 2. The highest BCUT2D eigenvalue weighted by atomic mass is 35.5. The minimum absolute atomic E-state index is 0.0577. The van der Waals surface area contributed by atoms with Gasteiger partial charge >= 0.3 is 6.18 Å². The number of halogens is 5. The van der Waals surface area contributed by atoms with Crippen molar-refractivity contribution in [3.05, 3.63) is 52.1 Å². The van der Waals surface area contributed by atoms with Crippen LogP contribution < -0.4 is 20.3 Å². The van der Waals surface area contributed by atoms with E-state index in [0.29, 0.717) is 34.5 Å². The molecule has 0 saturated carbocycles. The molecule has 2 bridgehead atoms. The summed E-state index contributed by atoms with van der Waals surface area (Å²) in [4.78, 5) is 31.8. The van der Waals surface area contributed by atoms with Crippen molar-refractivity contribution in [2.75, 3.05) is 4.90 Å². The van der Waals surface area contributed by atoms with Gasteiger partial charge in [0.2, 0.25) is 0 Å². The van der Waals surface area contributed by atoms with Crippen molar-refractivity contribution >= 4 is 40.8 Å². The highest BCUT2D eigenvalue weighted by molar-refractivity contribution is 6.35. The van der Waals surface area contributed by atoms with Crippen LogP contribution in [0.3, 0.4) is 0 Å². The van der Waals surface area contributed by atoms with Gasteiger partial charge in [0, 0.05) is 29.3 Å². The third-order valence-electron chi connectivity index (χ3n) is 6.99. The molecule has 0 aliphatic carbocycles. The molecule has 1 aromatic carbocycles. The summed E-state index contributed by atoms with van der Waals surface area (Å²) in [7, 11) is 0. The maximum atomic E-state index is 13.1. The van der Waals surface area contributed by atoms with Gasteiger partial charge < -0.3 is 20.3 Å². The minimum atomic E-state index is -4.52. The number of nitrogens with zero attached hydrogens (tertiary/aromatic N) is 2. The lowest BCUT2D eigenvalue weighted by Crippen LogP contribution is -2.55. The monoisotopic (exact) mass is 572 g/mol. The average Bonchev–Trinajstić information content (AvgIpc) is 3.10. The molecule has 1 aromatic heterocycles. The van der Waals surface area contributed by atoms with E-state index in [0.717, 1.165) is 19.8 Å². The van der Waals surface area contributed by atoms with Crippen molar-refractivity contribution in [2.45, 2.75) is 82.4 Å². The number of rotatable bonds is 7. The van der Waals surface area contributed by atoms with Gasteiger partial charge in [-0.25, -0.2) is 4.98 Å². The number of piperidine rings is 1. The van der Waals surface area contributed by atoms with Crippen LogP contribution in [-0.4, -0.2) is 52.7 Å². The van der Waals surface area contributed by atoms with Crippen LogP contribution in [0.4, 0.5) is 19.0 Å². The van der Waals surface area contributed by atoms with Gasteiger partial charge in [-0.05, 0) is 76.8 Å². The molecule has 3 atom stereocenters. The van der Waals surface area contributed by atoms with Crippen molar-refractivity contribution in [3.8, 4) is 5.75 Å². The first-order chi connectivity index (χ1) is 17.7. The van der Waals surface area contributed by atoms with Gasteiger partial charge in [-0.1, -0.05) is 23.2 Å². The molecular weight excluding hydrogens is 544 g/mol.